The first-order valence-corrected chi connectivity index (χ1v) is 8.76. The molecule has 24 heavy (non-hydrogen) atoms. The Morgan fingerprint density at radius 3 is 2.67 bits per heavy atom. The lowest BCUT2D eigenvalue weighted by atomic mass is 9.95. The summed E-state index contributed by atoms with van der Waals surface area (Å²) in [7, 11) is 0. The Labute approximate surface area is 142 Å². The van der Waals surface area contributed by atoms with Crippen molar-refractivity contribution < 1.29 is 9.59 Å². The Morgan fingerprint density at radius 2 is 1.96 bits per heavy atom. The van der Waals surface area contributed by atoms with E-state index in [1.165, 1.54) is 13.3 Å². The highest BCUT2D eigenvalue weighted by Gasteiger charge is 2.24. The standard InChI is InChI=1S/C19H25N3O2/c1-13(23)20-18(19(24)22-15-8-3-2-4-9-15)12-16-11-14-7-5-6-10-17(14)21-16/h5-7,10-11,15,18,21H,2-4,8-9,12H2,1H3,(H,20,23)(H,22,24). The third-order valence-corrected chi connectivity index (χ3v) is 4.66. The quantitative estimate of drug-likeness (QED) is 0.790. The predicted octanol–water partition coefficient (Wildman–Crippen LogP) is 2.66. The van der Waals surface area contributed by atoms with E-state index in [1.807, 2.05) is 30.3 Å². The van der Waals surface area contributed by atoms with Gasteiger partial charge in [0.25, 0.3) is 0 Å². The minimum atomic E-state index is -0.544. The largest absolute Gasteiger partial charge is 0.358 e. The molecule has 0 saturated heterocycles. The van der Waals surface area contributed by atoms with Crippen LogP contribution in [0.2, 0.25) is 0 Å². The molecule has 1 fully saturated rings. The van der Waals surface area contributed by atoms with Gasteiger partial charge in [0, 0.05) is 30.6 Å². The van der Waals surface area contributed by atoms with E-state index in [0.29, 0.717) is 6.42 Å². The summed E-state index contributed by atoms with van der Waals surface area (Å²) in [6.45, 7) is 1.45. The van der Waals surface area contributed by atoms with Crippen molar-refractivity contribution >= 4 is 22.7 Å². The van der Waals surface area contributed by atoms with Crippen molar-refractivity contribution in [1.29, 1.82) is 0 Å². The number of H-pyrrole nitrogens is 1. The van der Waals surface area contributed by atoms with E-state index in [4.69, 9.17) is 0 Å². The number of carbonyl (C=O) groups is 2. The summed E-state index contributed by atoms with van der Waals surface area (Å²) in [5.41, 5.74) is 2.00. The van der Waals surface area contributed by atoms with Gasteiger partial charge in [0.1, 0.15) is 6.04 Å². The van der Waals surface area contributed by atoms with Gasteiger partial charge in [-0.3, -0.25) is 9.59 Å². The first kappa shape index (κ1) is 16.6. The van der Waals surface area contributed by atoms with Gasteiger partial charge in [-0.1, -0.05) is 37.5 Å². The van der Waals surface area contributed by atoms with Crippen molar-refractivity contribution in [1.82, 2.24) is 15.6 Å². The van der Waals surface area contributed by atoms with Crippen LogP contribution in [0.3, 0.4) is 0 Å². The summed E-state index contributed by atoms with van der Waals surface area (Å²) in [5, 5.41) is 7.01. The molecule has 1 atom stereocenters. The molecule has 1 unspecified atom stereocenters. The fourth-order valence-corrected chi connectivity index (χ4v) is 3.47. The third-order valence-electron chi connectivity index (χ3n) is 4.66. The normalized spacial score (nSPS) is 16.7. The van der Waals surface area contributed by atoms with Crippen molar-refractivity contribution in [3.63, 3.8) is 0 Å². The van der Waals surface area contributed by atoms with Gasteiger partial charge in [-0.2, -0.15) is 0 Å². The maximum Gasteiger partial charge on any atom is 0.243 e. The van der Waals surface area contributed by atoms with Crippen LogP contribution >= 0.6 is 0 Å². The Balaban J connectivity index is 1.70. The molecule has 5 heteroatoms. The number of hydrogen-bond acceptors (Lipinski definition) is 2. The van der Waals surface area contributed by atoms with Crippen molar-refractivity contribution in [3.05, 3.63) is 36.0 Å². The number of fused-ring (bicyclic) bond motifs is 1. The molecule has 1 aromatic carbocycles. The molecule has 2 amide bonds. The SMILES string of the molecule is CC(=O)NC(Cc1cc2ccccc2[nH]1)C(=O)NC1CCCCC1. The van der Waals surface area contributed by atoms with Crippen LogP contribution in [0, 0.1) is 0 Å². The minimum absolute atomic E-state index is 0.0873. The van der Waals surface area contributed by atoms with Crippen LogP contribution in [-0.2, 0) is 16.0 Å². The van der Waals surface area contributed by atoms with Gasteiger partial charge in [-0.15, -0.1) is 0 Å². The van der Waals surface area contributed by atoms with Crippen molar-refractivity contribution in [3.8, 4) is 0 Å². The molecule has 5 nitrogen and oxygen atoms in total. The monoisotopic (exact) mass is 327 g/mol. The number of para-hydroxylation sites is 1. The van der Waals surface area contributed by atoms with Gasteiger partial charge in [-0.05, 0) is 30.4 Å². The average Bonchev–Trinajstić information content (AvgIpc) is 2.97. The second kappa shape index (κ2) is 7.51. The lowest BCUT2D eigenvalue weighted by molar-refractivity contribution is -0.128. The summed E-state index contributed by atoms with van der Waals surface area (Å²) in [5.74, 6) is -0.273. The van der Waals surface area contributed by atoms with Gasteiger partial charge in [-0.25, -0.2) is 0 Å². The van der Waals surface area contributed by atoms with Crippen LogP contribution in [0.1, 0.15) is 44.7 Å². The molecule has 0 spiro atoms. The first-order valence-electron chi connectivity index (χ1n) is 8.76. The smallest absolute Gasteiger partial charge is 0.243 e. The van der Waals surface area contributed by atoms with Crippen LogP contribution in [0.15, 0.2) is 30.3 Å². The van der Waals surface area contributed by atoms with Crippen molar-refractivity contribution in [2.24, 2.45) is 0 Å². The topological polar surface area (TPSA) is 74.0 Å². The van der Waals surface area contributed by atoms with E-state index in [-0.39, 0.29) is 17.9 Å². The molecule has 1 aromatic heterocycles. The lowest BCUT2D eigenvalue weighted by Gasteiger charge is -2.25. The van der Waals surface area contributed by atoms with Crippen LogP contribution in [0.5, 0.6) is 0 Å². The Bertz CT molecular complexity index is 683. The number of aromatic amines is 1. The molecule has 2 aromatic rings. The van der Waals surface area contributed by atoms with E-state index in [0.717, 1.165) is 42.3 Å². The maximum atomic E-state index is 12.6. The fraction of sp³-hybridized carbons (Fsp3) is 0.474. The van der Waals surface area contributed by atoms with E-state index >= 15 is 0 Å². The van der Waals surface area contributed by atoms with Crippen molar-refractivity contribution in [2.45, 2.75) is 57.5 Å². The zero-order valence-corrected chi connectivity index (χ0v) is 14.1. The van der Waals surface area contributed by atoms with Gasteiger partial charge in [0.15, 0.2) is 0 Å². The van der Waals surface area contributed by atoms with Crippen molar-refractivity contribution in [2.75, 3.05) is 0 Å². The molecule has 3 N–H and O–H groups in total. The second-order valence-corrected chi connectivity index (χ2v) is 6.68. The highest BCUT2D eigenvalue weighted by Crippen LogP contribution is 2.18. The molecule has 0 aliphatic heterocycles. The van der Waals surface area contributed by atoms with Gasteiger partial charge in [0.2, 0.25) is 11.8 Å². The van der Waals surface area contributed by atoms with E-state index in [9.17, 15) is 9.59 Å². The van der Waals surface area contributed by atoms with Crippen LogP contribution < -0.4 is 10.6 Å². The maximum absolute atomic E-state index is 12.6. The Hall–Kier alpha value is -2.30. The number of rotatable bonds is 5. The fourth-order valence-electron chi connectivity index (χ4n) is 3.47. The number of aromatic nitrogens is 1. The summed E-state index contributed by atoms with van der Waals surface area (Å²) in [4.78, 5) is 27.5. The molecule has 128 valence electrons. The zero-order chi connectivity index (χ0) is 16.9. The molecule has 1 aliphatic carbocycles. The minimum Gasteiger partial charge on any atom is -0.358 e. The molecule has 0 bridgehead atoms. The highest BCUT2D eigenvalue weighted by atomic mass is 16.2. The van der Waals surface area contributed by atoms with E-state index in [1.54, 1.807) is 0 Å². The lowest BCUT2D eigenvalue weighted by Crippen LogP contribution is -2.50. The van der Waals surface area contributed by atoms with Gasteiger partial charge in [0.05, 0.1) is 0 Å². The second-order valence-electron chi connectivity index (χ2n) is 6.68. The summed E-state index contributed by atoms with van der Waals surface area (Å²) >= 11 is 0. The van der Waals surface area contributed by atoms with E-state index in [2.05, 4.69) is 15.6 Å². The molecular formula is C19H25N3O2. The zero-order valence-electron chi connectivity index (χ0n) is 14.1. The summed E-state index contributed by atoms with van der Waals surface area (Å²) in [6.07, 6.45) is 6.11. The highest BCUT2D eigenvalue weighted by molar-refractivity contribution is 5.87. The molecule has 1 heterocycles. The Kier molecular flexibility index (Phi) is 5.18. The van der Waals surface area contributed by atoms with Gasteiger partial charge >= 0.3 is 0 Å². The van der Waals surface area contributed by atoms with Crippen LogP contribution in [0.4, 0.5) is 0 Å². The average molecular weight is 327 g/mol. The third kappa shape index (κ3) is 4.16. The summed E-state index contributed by atoms with van der Waals surface area (Å²) < 4.78 is 0. The number of hydrogen-bond donors (Lipinski definition) is 3. The summed E-state index contributed by atoms with van der Waals surface area (Å²) in [6, 6.07) is 9.74. The van der Waals surface area contributed by atoms with Gasteiger partial charge < -0.3 is 15.6 Å². The predicted molar refractivity (Wildman–Crippen MR) is 94.6 cm³/mol. The molecule has 1 aliphatic rings. The van der Waals surface area contributed by atoms with E-state index < -0.39 is 6.04 Å². The molecule has 1 saturated carbocycles. The molecular weight excluding hydrogens is 302 g/mol. The van der Waals surface area contributed by atoms with Crippen LogP contribution in [-0.4, -0.2) is 28.9 Å². The number of carbonyl (C=O) groups excluding carboxylic acids is 2. The number of nitrogens with one attached hydrogen (secondary N) is 3. The number of amides is 2. The molecule has 3 rings (SSSR count). The Morgan fingerprint density at radius 1 is 1.21 bits per heavy atom. The molecule has 0 radical (unpaired) electrons. The van der Waals surface area contributed by atoms with Crippen LogP contribution in [0.25, 0.3) is 10.9 Å². The first-order chi connectivity index (χ1) is 11.6. The number of benzene rings is 1.